The Balaban J connectivity index is 2.39. The molecule has 2 aromatic rings. The summed E-state index contributed by atoms with van der Waals surface area (Å²) >= 11 is 0. The lowest BCUT2D eigenvalue weighted by atomic mass is 10.0. The van der Waals surface area contributed by atoms with Crippen molar-refractivity contribution in [2.45, 2.75) is 40.7 Å². The van der Waals surface area contributed by atoms with Crippen molar-refractivity contribution in [3.05, 3.63) is 46.0 Å². The van der Waals surface area contributed by atoms with Crippen LogP contribution in [-0.2, 0) is 4.74 Å². The van der Waals surface area contributed by atoms with Crippen molar-refractivity contribution in [3.8, 4) is 23.0 Å². The van der Waals surface area contributed by atoms with Crippen LogP contribution in [0.25, 0.3) is 0 Å². The van der Waals surface area contributed by atoms with Gasteiger partial charge < -0.3 is 24.4 Å². The van der Waals surface area contributed by atoms with Gasteiger partial charge in [-0.25, -0.2) is 9.59 Å². The van der Waals surface area contributed by atoms with Crippen LogP contribution in [-0.4, -0.2) is 35.4 Å². The van der Waals surface area contributed by atoms with Crippen LogP contribution >= 0.6 is 0 Å². The first kappa shape index (κ1) is 21.1. The molecule has 0 aromatic heterocycles. The van der Waals surface area contributed by atoms with E-state index in [2.05, 4.69) is 0 Å². The SMILES string of the molecule is COc1c(C)c(O)cc(C)c1C(=O)Oc1cc(C)c(C(=O)OC(C)C)c(O)c1. The lowest BCUT2D eigenvalue weighted by Gasteiger charge is -2.16. The number of aromatic hydroxyl groups is 2. The van der Waals surface area contributed by atoms with Gasteiger partial charge in [-0.05, 0) is 57.9 Å². The minimum Gasteiger partial charge on any atom is -0.508 e. The number of phenolic OH excluding ortho intramolecular Hbond substituents is 2. The zero-order valence-corrected chi connectivity index (χ0v) is 16.7. The summed E-state index contributed by atoms with van der Waals surface area (Å²) in [4.78, 5) is 24.8. The Morgan fingerprint density at radius 2 is 1.50 bits per heavy atom. The molecule has 0 atom stereocenters. The molecule has 0 aliphatic heterocycles. The van der Waals surface area contributed by atoms with Gasteiger partial charge in [0.25, 0.3) is 0 Å². The molecule has 28 heavy (non-hydrogen) atoms. The predicted molar refractivity (Wildman–Crippen MR) is 102 cm³/mol. The van der Waals surface area contributed by atoms with Gasteiger partial charge in [-0.2, -0.15) is 0 Å². The van der Waals surface area contributed by atoms with E-state index in [1.54, 1.807) is 34.6 Å². The van der Waals surface area contributed by atoms with E-state index in [-0.39, 0.29) is 40.2 Å². The smallest absolute Gasteiger partial charge is 0.347 e. The molecular formula is C21H24O7. The molecule has 0 aliphatic carbocycles. The first-order chi connectivity index (χ1) is 13.1. The molecule has 2 N–H and O–H groups in total. The van der Waals surface area contributed by atoms with E-state index in [0.717, 1.165) is 0 Å². The fourth-order valence-corrected chi connectivity index (χ4v) is 2.87. The minimum atomic E-state index is -0.714. The normalized spacial score (nSPS) is 10.7. The standard InChI is InChI=1S/C21H24O7/c1-10(2)27-20(24)17-11(3)7-14(9-16(17)23)28-21(25)18-12(4)8-15(22)13(5)19(18)26-6/h7-10,22-23H,1-6H3. The quantitative estimate of drug-likeness (QED) is 0.593. The summed E-state index contributed by atoms with van der Waals surface area (Å²) in [6.07, 6.45) is -0.336. The predicted octanol–water partition coefficient (Wildman–Crippen LogP) is 3.82. The Labute approximate surface area is 163 Å². The minimum absolute atomic E-state index is 0.00686. The first-order valence-corrected chi connectivity index (χ1v) is 8.70. The number of rotatable bonds is 5. The van der Waals surface area contributed by atoms with Crippen molar-refractivity contribution in [2.24, 2.45) is 0 Å². The van der Waals surface area contributed by atoms with Crippen LogP contribution < -0.4 is 9.47 Å². The highest BCUT2D eigenvalue weighted by Crippen LogP contribution is 2.35. The van der Waals surface area contributed by atoms with E-state index in [1.807, 2.05) is 0 Å². The van der Waals surface area contributed by atoms with Crippen LogP contribution in [0.2, 0.25) is 0 Å². The highest BCUT2D eigenvalue weighted by atomic mass is 16.5. The van der Waals surface area contributed by atoms with Gasteiger partial charge in [-0.1, -0.05) is 0 Å². The number of carbonyl (C=O) groups is 2. The number of hydrogen-bond acceptors (Lipinski definition) is 7. The summed E-state index contributed by atoms with van der Waals surface area (Å²) in [5.74, 6) is -1.44. The van der Waals surface area contributed by atoms with Crippen LogP contribution in [0.1, 0.15) is 51.3 Å². The van der Waals surface area contributed by atoms with Crippen molar-refractivity contribution in [2.75, 3.05) is 7.11 Å². The van der Waals surface area contributed by atoms with Gasteiger partial charge in [0.15, 0.2) is 0 Å². The molecule has 150 valence electrons. The summed E-state index contributed by atoms with van der Waals surface area (Å²) in [6.45, 7) is 8.28. The van der Waals surface area contributed by atoms with Crippen LogP contribution in [0, 0.1) is 20.8 Å². The zero-order valence-electron chi connectivity index (χ0n) is 16.7. The van der Waals surface area contributed by atoms with Crippen molar-refractivity contribution in [1.82, 2.24) is 0 Å². The van der Waals surface area contributed by atoms with E-state index in [1.165, 1.54) is 25.3 Å². The molecule has 0 unspecified atom stereocenters. The van der Waals surface area contributed by atoms with Gasteiger partial charge >= 0.3 is 11.9 Å². The first-order valence-electron chi connectivity index (χ1n) is 8.70. The van der Waals surface area contributed by atoms with Crippen molar-refractivity contribution in [1.29, 1.82) is 0 Å². The lowest BCUT2D eigenvalue weighted by Crippen LogP contribution is -2.15. The average molecular weight is 388 g/mol. The monoisotopic (exact) mass is 388 g/mol. The number of benzene rings is 2. The number of aryl methyl sites for hydroxylation is 2. The maximum atomic E-state index is 12.7. The molecule has 0 aliphatic rings. The molecule has 0 saturated heterocycles. The third kappa shape index (κ3) is 4.19. The number of hydrogen-bond donors (Lipinski definition) is 2. The summed E-state index contributed by atoms with van der Waals surface area (Å²) < 4.78 is 15.8. The van der Waals surface area contributed by atoms with E-state index in [4.69, 9.17) is 14.2 Å². The van der Waals surface area contributed by atoms with Crippen LogP contribution in [0.3, 0.4) is 0 Å². The van der Waals surface area contributed by atoms with E-state index >= 15 is 0 Å². The fraction of sp³-hybridized carbons (Fsp3) is 0.333. The summed E-state index contributed by atoms with van der Waals surface area (Å²) in [6, 6.07) is 4.09. The molecule has 0 bridgehead atoms. The molecule has 0 saturated carbocycles. The molecule has 2 rings (SSSR count). The molecule has 0 heterocycles. The molecule has 0 amide bonds. The van der Waals surface area contributed by atoms with Crippen molar-refractivity contribution >= 4 is 11.9 Å². The number of ether oxygens (including phenoxy) is 3. The van der Waals surface area contributed by atoms with E-state index < -0.39 is 11.9 Å². The average Bonchev–Trinajstić information content (AvgIpc) is 2.56. The second-order valence-corrected chi connectivity index (χ2v) is 6.72. The lowest BCUT2D eigenvalue weighted by molar-refractivity contribution is 0.0374. The van der Waals surface area contributed by atoms with Gasteiger partial charge in [-0.15, -0.1) is 0 Å². The Morgan fingerprint density at radius 1 is 0.893 bits per heavy atom. The Bertz CT molecular complexity index is 906. The summed E-state index contributed by atoms with van der Waals surface area (Å²) in [7, 11) is 1.39. The van der Waals surface area contributed by atoms with Gasteiger partial charge in [0, 0.05) is 11.6 Å². The maximum Gasteiger partial charge on any atom is 0.347 e. The Morgan fingerprint density at radius 3 is 2.04 bits per heavy atom. The Kier molecular flexibility index (Phi) is 6.18. The van der Waals surface area contributed by atoms with Gasteiger partial charge in [0.1, 0.15) is 34.1 Å². The topological polar surface area (TPSA) is 102 Å². The van der Waals surface area contributed by atoms with Crippen molar-refractivity contribution < 1.29 is 34.0 Å². The molecular weight excluding hydrogens is 364 g/mol. The van der Waals surface area contributed by atoms with Crippen LogP contribution in [0.4, 0.5) is 0 Å². The molecule has 7 nitrogen and oxygen atoms in total. The molecule has 7 heteroatoms. The van der Waals surface area contributed by atoms with E-state index in [0.29, 0.717) is 16.7 Å². The zero-order chi connectivity index (χ0) is 21.2. The number of carbonyl (C=O) groups excluding carboxylic acids is 2. The second kappa shape index (κ2) is 8.21. The fourth-order valence-electron chi connectivity index (χ4n) is 2.87. The maximum absolute atomic E-state index is 12.7. The van der Waals surface area contributed by atoms with Gasteiger partial charge in [0.05, 0.1) is 13.2 Å². The molecule has 0 spiro atoms. The Hall–Kier alpha value is -3.22. The highest BCUT2D eigenvalue weighted by molar-refractivity contribution is 5.97. The number of methoxy groups -OCH3 is 1. The molecule has 0 radical (unpaired) electrons. The summed E-state index contributed by atoms with van der Waals surface area (Å²) in [5.41, 5.74) is 1.47. The second-order valence-electron chi connectivity index (χ2n) is 6.72. The third-order valence-corrected chi connectivity index (χ3v) is 4.15. The largest absolute Gasteiger partial charge is 0.508 e. The van der Waals surface area contributed by atoms with Gasteiger partial charge in [0.2, 0.25) is 0 Å². The van der Waals surface area contributed by atoms with Gasteiger partial charge in [-0.3, -0.25) is 0 Å². The van der Waals surface area contributed by atoms with Crippen LogP contribution in [0.5, 0.6) is 23.0 Å². The number of esters is 2. The van der Waals surface area contributed by atoms with Crippen LogP contribution in [0.15, 0.2) is 18.2 Å². The molecule has 2 aromatic carbocycles. The van der Waals surface area contributed by atoms with E-state index in [9.17, 15) is 19.8 Å². The number of phenols is 2. The third-order valence-electron chi connectivity index (χ3n) is 4.15. The highest BCUT2D eigenvalue weighted by Gasteiger charge is 2.24. The van der Waals surface area contributed by atoms with Crippen molar-refractivity contribution in [3.63, 3.8) is 0 Å². The molecule has 0 fully saturated rings. The summed E-state index contributed by atoms with van der Waals surface area (Å²) in [5, 5.41) is 20.1.